The number of alkyl halides is 3. The lowest BCUT2D eigenvalue weighted by Crippen LogP contribution is -2.28. The maximum Gasteiger partial charge on any atom is 0.433 e. The van der Waals surface area contributed by atoms with Crippen molar-refractivity contribution >= 4 is 22.5 Å². The number of carbonyl (C=O) groups is 1. The number of aromatic nitrogens is 1. The molecule has 0 radical (unpaired) electrons. The van der Waals surface area contributed by atoms with Gasteiger partial charge in [0.05, 0.1) is 11.6 Å². The summed E-state index contributed by atoms with van der Waals surface area (Å²) in [6.45, 7) is 5.43. The number of pyridine rings is 1. The molecule has 1 aromatic carbocycles. The number of hydrogen-bond donors (Lipinski definition) is 2. The lowest BCUT2D eigenvalue weighted by atomic mass is 9.99. The zero-order valence-electron chi connectivity index (χ0n) is 22.0. The molecule has 38 heavy (non-hydrogen) atoms. The molecular formula is C26H35F4N3O4S. The van der Waals surface area contributed by atoms with Crippen LogP contribution in [0.5, 0.6) is 5.88 Å². The van der Waals surface area contributed by atoms with Crippen LogP contribution in [0.15, 0.2) is 30.3 Å². The van der Waals surface area contributed by atoms with Gasteiger partial charge in [0.15, 0.2) is 0 Å². The molecule has 7 nitrogen and oxygen atoms in total. The van der Waals surface area contributed by atoms with Gasteiger partial charge in [-0.3, -0.25) is 9.10 Å². The van der Waals surface area contributed by atoms with Crippen molar-refractivity contribution < 1.29 is 35.5 Å². The first-order valence-electron chi connectivity index (χ1n) is 12.6. The molecular weight excluding hydrogens is 526 g/mol. The Balaban J connectivity index is 2.23. The molecule has 0 fully saturated rings. The number of thiol groups is 1. The highest BCUT2D eigenvalue weighted by atomic mass is 32.2. The first-order valence-corrected chi connectivity index (χ1v) is 13.7. The van der Waals surface area contributed by atoms with Crippen LogP contribution < -0.4 is 14.4 Å². The minimum Gasteiger partial charge on any atom is -0.474 e. The monoisotopic (exact) mass is 561 g/mol. The lowest BCUT2D eigenvalue weighted by Gasteiger charge is -2.21. The van der Waals surface area contributed by atoms with E-state index in [2.05, 4.69) is 10.3 Å². The molecule has 1 heterocycles. The minimum atomic E-state index is -4.65. The fraction of sp³-hybridized carbons (Fsp3) is 0.538. The SMILES string of the molecule is CCCCC(CCCC)Oc1nc(C(F)(F)F)ccc1CNC(=O)C(C)c1ccc(N(C)[SH](=O)=O)c(F)c1. The summed E-state index contributed by atoms with van der Waals surface area (Å²) in [5.41, 5.74) is -0.643. The van der Waals surface area contributed by atoms with Crippen molar-refractivity contribution in [2.24, 2.45) is 0 Å². The molecule has 2 rings (SSSR count). The highest BCUT2D eigenvalue weighted by molar-refractivity contribution is 7.74. The predicted octanol–water partition coefficient (Wildman–Crippen LogP) is 5.75. The molecule has 0 saturated heterocycles. The average Bonchev–Trinajstić information content (AvgIpc) is 2.87. The number of ether oxygens (including phenoxy) is 1. The van der Waals surface area contributed by atoms with Crippen LogP contribution in [-0.2, 0) is 28.4 Å². The molecule has 0 bridgehead atoms. The van der Waals surface area contributed by atoms with E-state index < -0.39 is 40.4 Å². The van der Waals surface area contributed by atoms with Gasteiger partial charge in [-0.2, -0.15) is 13.2 Å². The number of benzene rings is 1. The maximum absolute atomic E-state index is 14.5. The second-order valence-electron chi connectivity index (χ2n) is 9.09. The van der Waals surface area contributed by atoms with E-state index in [1.165, 1.54) is 32.2 Å². The summed E-state index contributed by atoms with van der Waals surface area (Å²) in [6, 6.07) is 5.86. The highest BCUT2D eigenvalue weighted by Gasteiger charge is 2.33. The number of halogens is 4. The first kappa shape index (κ1) is 31.3. The average molecular weight is 562 g/mol. The number of nitrogens with zero attached hydrogens (tertiary/aromatic N) is 2. The third-order valence-corrected chi connectivity index (χ3v) is 6.88. The van der Waals surface area contributed by atoms with E-state index in [0.29, 0.717) is 24.0 Å². The zero-order valence-corrected chi connectivity index (χ0v) is 22.9. The molecule has 0 aliphatic rings. The van der Waals surface area contributed by atoms with Crippen LogP contribution in [0.1, 0.15) is 82.0 Å². The van der Waals surface area contributed by atoms with Gasteiger partial charge in [-0.05, 0) is 49.6 Å². The van der Waals surface area contributed by atoms with E-state index in [1.54, 1.807) is 0 Å². The van der Waals surface area contributed by atoms with Crippen LogP contribution in [-0.4, -0.2) is 32.5 Å². The van der Waals surface area contributed by atoms with E-state index in [-0.39, 0.29) is 24.2 Å². The minimum absolute atomic E-state index is 0.141. The van der Waals surface area contributed by atoms with Crippen LogP contribution in [0.25, 0.3) is 0 Å². The molecule has 0 aliphatic heterocycles. The van der Waals surface area contributed by atoms with Gasteiger partial charge >= 0.3 is 6.18 Å². The van der Waals surface area contributed by atoms with Gasteiger partial charge in [0, 0.05) is 19.2 Å². The third-order valence-electron chi connectivity index (χ3n) is 6.18. The number of amides is 1. The van der Waals surface area contributed by atoms with E-state index in [0.717, 1.165) is 42.1 Å². The van der Waals surface area contributed by atoms with Crippen molar-refractivity contribution in [1.82, 2.24) is 10.3 Å². The summed E-state index contributed by atoms with van der Waals surface area (Å²) in [6.07, 6.45) is -0.0703. The van der Waals surface area contributed by atoms with Crippen molar-refractivity contribution in [1.29, 1.82) is 0 Å². The smallest absolute Gasteiger partial charge is 0.433 e. The molecule has 1 unspecified atom stereocenters. The van der Waals surface area contributed by atoms with Gasteiger partial charge in [-0.25, -0.2) is 17.8 Å². The molecule has 2 aromatic rings. The van der Waals surface area contributed by atoms with Gasteiger partial charge in [-0.15, -0.1) is 0 Å². The summed E-state index contributed by atoms with van der Waals surface area (Å²) in [5, 5.41) is 2.66. The van der Waals surface area contributed by atoms with Gasteiger partial charge in [0.25, 0.3) is 0 Å². The van der Waals surface area contributed by atoms with Crippen molar-refractivity contribution in [3.05, 3.63) is 53.0 Å². The number of anilines is 1. The Hall–Kier alpha value is -2.89. The maximum atomic E-state index is 14.5. The van der Waals surface area contributed by atoms with Crippen LogP contribution in [0.4, 0.5) is 23.2 Å². The second-order valence-corrected chi connectivity index (χ2v) is 10.2. The Kier molecular flexibility index (Phi) is 11.8. The Morgan fingerprint density at radius 2 is 1.74 bits per heavy atom. The summed E-state index contributed by atoms with van der Waals surface area (Å²) < 4.78 is 83.5. The lowest BCUT2D eigenvalue weighted by molar-refractivity contribution is -0.141. The van der Waals surface area contributed by atoms with Crippen molar-refractivity contribution in [2.75, 3.05) is 11.4 Å². The number of rotatable bonds is 14. The molecule has 0 spiro atoms. The van der Waals surface area contributed by atoms with E-state index in [9.17, 15) is 30.8 Å². The van der Waals surface area contributed by atoms with Gasteiger partial charge in [-0.1, -0.05) is 45.6 Å². The van der Waals surface area contributed by atoms with Crippen molar-refractivity contribution in [3.63, 3.8) is 0 Å². The Bertz CT molecular complexity index is 1140. The Morgan fingerprint density at radius 3 is 2.26 bits per heavy atom. The number of hydrogen-bond acceptors (Lipinski definition) is 5. The van der Waals surface area contributed by atoms with Gasteiger partial charge < -0.3 is 10.1 Å². The molecule has 1 aromatic heterocycles. The van der Waals surface area contributed by atoms with Gasteiger partial charge in [0.2, 0.25) is 22.7 Å². The topological polar surface area (TPSA) is 88.6 Å². The summed E-state index contributed by atoms with van der Waals surface area (Å²) in [7, 11) is -1.82. The van der Waals surface area contributed by atoms with E-state index in [1.807, 2.05) is 13.8 Å². The Labute approximate surface area is 222 Å². The van der Waals surface area contributed by atoms with E-state index in [4.69, 9.17) is 4.74 Å². The molecule has 1 N–H and O–H groups in total. The standard InChI is InChI=1S/C26H35F4N3O4S/c1-5-7-9-20(10-8-6-2)37-25-19(12-14-23(32-25)26(28,29)30)16-31-24(34)17(3)18-11-13-22(21(27)15-18)33(4)38(35)36/h11-15,17,20,38H,5-10,16H2,1-4H3,(H,31,34). The van der Waals surface area contributed by atoms with Crippen LogP contribution in [0.2, 0.25) is 0 Å². The summed E-state index contributed by atoms with van der Waals surface area (Å²) >= 11 is 0. The van der Waals surface area contributed by atoms with Crippen LogP contribution in [0, 0.1) is 5.82 Å². The first-order chi connectivity index (χ1) is 17.9. The molecule has 1 amide bonds. The number of unbranched alkanes of at least 4 members (excludes halogenated alkanes) is 2. The quantitative estimate of drug-likeness (QED) is 0.227. The molecule has 0 saturated carbocycles. The normalized spacial score (nSPS) is 12.6. The van der Waals surface area contributed by atoms with E-state index >= 15 is 0 Å². The van der Waals surface area contributed by atoms with Crippen molar-refractivity contribution in [3.8, 4) is 5.88 Å². The molecule has 12 heteroatoms. The van der Waals surface area contributed by atoms with Gasteiger partial charge in [0.1, 0.15) is 17.6 Å². The number of carbonyl (C=O) groups excluding carboxylic acids is 1. The zero-order chi connectivity index (χ0) is 28.5. The van der Waals surface area contributed by atoms with Crippen molar-refractivity contribution in [2.45, 2.75) is 84.0 Å². The Morgan fingerprint density at radius 1 is 1.11 bits per heavy atom. The summed E-state index contributed by atoms with van der Waals surface area (Å²) in [5.74, 6) is -2.30. The molecule has 212 valence electrons. The number of nitrogens with one attached hydrogen (secondary N) is 1. The molecule has 1 atom stereocenters. The second kappa shape index (κ2) is 14.3. The van der Waals surface area contributed by atoms with Crippen LogP contribution in [0.3, 0.4) is 0 Å². The fourth-order valence-corrected chi connectivity index (χ4v) is 4.12. The third kappa shape index (κ3) is 8.85. The molecule has 0 aliphatic carbocycles. The predicted molar refractivity (Wildman–Crippen MR) is 138 cm³/mol. The fourth-order valence-electron chi connectivity index (χ4n) is 3.78. The largest absolute Gasteiger partial charge is 0.474 e. The highest BCUT2D eigenvalue weighted by Crippen LogP contribution is 2.31. The van der Waals surface area contributed by atoms with Crippen LogP contribution >= 0.6 is 0 Å². The summed E-state index contributed by atoms with van der Waals surface area (Å²) in [4.78, 5) is 16.5.